The van der Waals surface area contributed by atoms with Crippen LogP contribution in [0.1, 0.15) is 85.0 Å². The quantitative estimate of drug-likeness (QED) is 0.502. The minimum Gasteiger partial charge on any atom is -0.395 e. The standard InChI is InChI=1S/C17H35NO2/c1-4-6-8-10-12-17(3,13-11-9-7-5-2)16(20)18-14-15-19/h19H,4-15H2,1-3H3,(H,18,20). The molecule has 3 heteroatoms. The maximum absolute atomic E-state index is 12.3. The highest BCUT2D eigenvalue weighted by Gasteiger charge is 2.31. The molecule has 0 aliphatic rings. The topological polar surface area (TPSA) is 49.3 Å². The summed E-state index contributed by atoms with van der Waals surface area (Å²) in [4.78, 5) is 12.3. The molecule has 0 rings (SSSR count). The lowest BCUT2D eigenvalue weighted by molar-refractivity contribution is -0.131. The fourth-order valence-corrected chi connectivity index (χ4v) is 2.62. The third-order valence-corrected chi connectivity index (χ3v) is 4.11. The van der Waals surface area contributed by atoms with Gasteiger partial charge in [0, 0.05) is 12.0 Å². The van der Waals surface area contributed by atoms with Gasteiger partial charge in [0.15, 0.2) is 0 Å². The van der Waals surface area contributed by atoms with Crippen molar-refractivity contribution in [3.8, 4) is 0 Å². The number of aliphatic hydroxyl groups is 1. The summed E-state index contributed by atoms with van der Waals surface area (Å²) in [5.41, 5.74) is -0.253. The molecule has 0 radical (unpaired) electrons. The maximum atomic E-state index is 12.3. The highest BCUT2D eigenvalue weighted by Crippen LogP contribution is 2.31. The summed E-state index contributed by atoms with van der Waals surface area (Å²) in [6.07, 6.45) is 11.6. The van der Waals surface area contributed by atoms with Crippen LogP contribution in [0.5, 0.6) is 0 Å². The predicted octanol–water partition coefficient (Wildman–Crippen LogP) is 4.04. The first-order valence-electron chi connectivity index (χ1n) is 8.50. The lowest BCUT2D eigenvalue weighted by Crippen LogP contribution is -2.40. The molecule has 0 aromatic carbocycles. The SMILES string of the molecule is CCCCCCC(C)(CCCCCC)C(=O)NCCO. The first-order valence-corrected chi connectivity index (χ1v) is 8.50. The third kappa shape index (κ3) is 8.57. The number of aliphatic hydroxyl groups excluding tert-OH is 1. The number of amides is 1. The van der Waals surface area contributed by atoms with Crippen LogP contribution in [-0.4, -0.2) is 24.2 Å². The molecule has 0 aromatic heterocycles. The number of carbonyl (C=O) groups is 1. The van der Waals surface area contributed by atoms with E-state index < -0.39 is 0 Å². The van der Waals surface area contributed by atoms with E-state index in [0.29, 0.717) is 6.54 Å². The molecule has 0 spiro atoms. The van der Waals surface area contributed by atoms with Gasteiger partial charge in [-0.05, 0) is 12.8 Å². The lowest BCUT2D eigenvalue weighted by atomic mass is 9.79. The van der Waals surface area contributed by atoms with Crippen molar-refractivity contribution < 1.29 is 9.90 Å². The van der Waals surface area contributed by atoms with Crippen LogP contribution in [0.25, 0.3) is 0 Å². The molecule has 1 amide bonds. The molecule has 2 N–H and O–H groups in total. The van der Waals surface area contributed by atoms with Gasteiger partial charge >= 0.3 is 0 Å². The molecule has 0 fully saturated rings. The average molecular weight is 285 g/mol. The van der Waals surface area contributed by atoms with Gasteiger partial charge in [-0.2, -0.15) is 0 Å². The molecule has 120 valence electrons. The largest absolute Gasteiger partial charge is 0.395 e. The van der Waals surface area contributed by atoms with Crippen LogP contribution < -0.4 is 5.32 Å². The van der Waals surface area contributed by atoms with E-state index in [1.165, 1.54) is 38.5 Å². The summed E-state index contributed by atoms with van der Waals surface area (Å²) in [5.74, 6) is 0.125. The van der Waals surface area contributed by atoms with Crippen LogP contribution in [0.3, 0.4) is 0 Å². The second kappa shape index (κ2) is 12.2. The molecule has 0 heterocycles. The molecular formula is C17H35NO2. The minimum atomic E-state index is -0.253. The first kappa shape index (κ1) is 19.4. The fraction of sp³-hybridized carbons (Fsp3) is 0.941. The van der Waals surface area contributed by atoms with E-state index in [1.54, 1.807) is 0 Å². The van der Waals surface area contributed by atoms with Gasteiger partial charge in [0.25, 0.3) is 0 Å². The Kier molecular flexibility index (Phi) is 11.8. The van der Waals surface area contributed by atoms with E-state index in [9.17, 15) is 4.79 Å². The van der Waals surface area contributed by atoms with E-state index in [4.69, 9.17) is 5.11 Å². The van der Waals surface area contributed by atoms with Gasteiger partial charge in [0.05, 0.1) is 6.61 Å². The van der Waals surface area contributed by atoms with Gasteiger partial charge in [-0.25, -0.2) is 0 Å². The van der Waals surface area contributed by atoms with E-state index in [-0.39, 0.29) is 17.9 Å². The third-order valence-electron chi connectivity index (χ3n) is 4.11. The zero-order valence-corrected chi connectivity index (χ0v) is 13.8. The number of hydrogen-bond donors (Lipinski definition) is 2. The summed E-state index contributed by atoms with van der Waals surface area (Å²) in [5, 5.41) is 11.7. The number of nitrogens with one attached hydrogen (secondary N) is 1. The molecular weight excluding hydrogens is 250 g/mol. The summed E-state index contributed by atoms with van der Waals surface area (Å²) >= 11 is 0. The second-order valence-electron chi connectivity index (χ2n) is 6.16. The Morgan fingerprint density at radius 2 is 1.45 bits per heavy atom. The van der Waals surface area contributed by atoms with Crippen molar-refractivity contribution >= 4 is 5.91 Å². The van der Waals surface area contributed by atoms with Crippen LogP contribution in [0, 0.1) is 5.41 Å². The molecule has 0 aromatic rings. The maximum Gasteiger partial charge on any atom is 0.226 e. The van der Waals surface area contributed by atoms with Gasteiger partial charge in [-0.3, -0.25) is 4.79 Å². The monoisotopic (exact) mass is 285 g/mol. The Labute approximate surface area is 125 Å². The molecule has 0 aliphatic carbocycles. The van der Waals surface area contributed by atoms with Crippen LogP contribution in [0.15, 0.2) is 0 Å². The van der Waals surface area contributed by atoms with E-state index >= 15 is 0 Å². The van der Waals surface area contributed by atoms with Crippen molar-refractivity contribution in [2.45, 2.75) is 85.0 Å². The molecule has 20 heavy (non-hydrogen) atoms. The number of unbranched alkanes of at least 4 members (excludes halogenated alkanes) is 6. The zero-order valence-electron chi connectivity index (χ0n) is 13.8. The van der Waals surface area contributed by atoms with Crippen molar-refractivity contribution in [2.75, 3.05) is 13.2 Å². The molecule has 0 aliphatic heterocycles. The molecule has 0 unspecified atom stereocenters. The van der Waals surface area contributed by atoms with Crippen LogP contribution >= 0.6 is 0 Å². The van der Waals surface area contributed by atoms with E-state index in [0.717, 1.165) is 25.7 Å². The van der Waals surface area contributed by atoms with E-state index in [2.05, 4.69) is 26.1 Å². The normalized spacial score (nSPS) is 11.6. The number of rotatable bonds is 13. The molecule has 0 saturated heterocycles. The molecule has 0 atom stereocenters. The second-order valence-corrected chi connectivity index (χ2v) is 6.16. The zero-order chi connectivity index (χ0) is 15.3. The summed E-state index contributed by atoms with van der Waals surface area (Å²) in [6, 6.07) is 0. The highest BCUT2D eigenvalue weighted by atomic mass is 16.3. The van der Waals surface area contributed by atoms with Crippen LogP contribution in [0.2, 0.25) is 0 Å². The van der Waals surface area contributed by atoms with E-state index in [1.807, 2.05) is 0 Å². The summed E-state index contributed by atoms with van der Waals surface area (Å²) < 4.78 is 0. The number of hydrogen-bond acceptors (Lipinski definition) is 2. The Hall–Kier alpha value is -0.570. The highest BCUT2D eigenvalue weighted by molar-refractivity contribution is 5.82. The molecule has 0 saturated carbocycles. The van der Waals surface area contributed by atoms with Crippen molar-refractivity contribution in [1.82, 2.24) is 5.32 Å². The Morgan fingerprint density at radius 3 is 1.85 bits per heavy atom. The lowest BCUT2D eigenvalue weighted by Gasteiger charge is -2.28. The Morgan fingerprint density at radius 1 is 0.950 bits per heavy atom. The van der Waals surface area contributed by atoms with Crippen LogP contribution in [-0.2, 0) is 4.79 Å². The smallest absolute Gasteiger partial charge is 0.226 e. The number of carbonyl (C=O) groups excluding carboxylic acids is 1. The molecule has 3 nitrogen and oxygen atoms in total. The van der Waals surface area contributed by atoms with Crippen molar-refractivity contribution in [3.63, 3.8) is 0 Å². The van der Waals surface area contributed by atoms with Gasteiger partial charge in [0.1, 0.15) is 0 Å². The molecule has 0 bridgehead atoms. The fourth-order valence-electron chi connectivity index (χ4n) is 2.62. The Bertz CT molecular complexity index is 229. The summed E-state index contributed by atoms with van der Waals surface area (Å²) in [6.45, 7) is 6.90. The van der Waals surface area contributed by atoms with Crippen LogP contribution in [0.4, 0.5) is 0 Å². The van der Waals surface area contributed by atoms with Gasteiger partial charge in [0.2, 0.25) is 5.91 Å². The summed E-state index contributed by atoms with van der Waals surface area (Å²) in [7, 11) is 0. The Balaban J connectivity index is 4.29. The average Bonchev–Trinajstić information content (AvgIpc) is 2.45. The van der Waals surface area contributed by atoms with Gasteiger partial charge < -0.3 is 10.4 Å². The van der Waals surface area contributed by atoms with Crippen molar-refractivity contribution in [1.29, 1.82) is 0 Å². The van der Waals surface area contributed by atoms with Gasteiger partial charge in [-0.1, -0.05) is 72.1 Å². The van der Waals surface area contributed by atoms with Crippen molar-refractivity contribution in [3.05, 3.63) is 0 Å². The first-order chi connectivity index (χ1) is 9.60. The minimum absolute atomic E-state index is 0.0213. The predicted molar refractivity (Wildman–Crippen MR) is 85.7 cm³/mol. The van der Waals surface area contributed by atoms with Gasteiger partial charge in [-0.15, -0.1) is 0 Å². The van der Waals surface area contributed by atoms with Crippen molar-refractivity contribution in [2.24, 2.45) is 5.41 Å².